The molecule has 0 bridgehead atoms. The molecule has 15 nitrogen and oxygen atoms in total. The van der Waals surface area contributed by atoms with Crippen LogP contribution in [-0.4, -0.2) is 98.5 Å². The van der Waals surface area contributed by atoms with E-state index in [-0.39, 0.29) is 24.5 Å². The Kier molecular flexibility index (Phi) is 14.9. The SMILES string of the molecule is COC(=O)C(NC(=O)N1C(=O)C2(c3cc(C#CC4=CCCCC4)ccc31)C(C(=O)Nc1ccc(N3CCOCC3)cc1)C1C(=O)OC(c3ccccc3)C(c3ccccc3)N1C2c1ccc(OCCO)cc1)C(C)C. The van der Waals surface area contributed by atoms with E-state index in [0.717, 1.165) is 47.4 Å². The van der Waals surface area contributed by atoms with Gasteiger partial charge in [0.25, 0.3) is 0 Å². The lowest BCUT2D eigenvalue weighted by Gasteiger charge is -2.46. The molecule has 15 heteroatoms. The Labute approximate surface area is 436 Å². The fourth-order valence-electron chi connectivity index (χ4n) is 11.6. The van der Waals surface area contributed by atoms with E-state index in [1.807, 2.05) is 77.7 Å². The van der Waals surface area contributed by atoms with Crippen molar-refractivity contribution in [2.45, 2.75) is 75.2 Å². The number of hydrogen-bond donors (Lipinski definition) is 3. The molecule has 5 aromatic carbocycles. The number of carbonyl (C=O) groups excluding carboxylic acids is 5. The van der Waals surface area contributed by atoms with E-state index < -0.39 is 77.3 Å². The van der Waals surface area contributed by atoms with Crippen LogP contribution in [0.25, 0.3) is 0 Å². The fourth-order valence-corrected chi connectivity index (χ4v) is 11.6. The molecule has 1 spiro atoms. The zero-order valence-corrected chi connectivity index (χ0v) is 42.3. The number of nitrogens with one attached hydrogen (secondary N) is 2. The molecule has 386 valence electrons. The van der Waals surface area contributed by atoms with Crippen LogP contribution < -0.4 is 25.2 Å². The summed E-state index contributed by atoms with van der Waals surface area (Å²) >= 11 is 0. The second-order valence-corrected chi connectivity index (χ2v) is 19.8. The Balaban J connectivity index is 1.24. The molecule has 7 atom stereocenters. The number of urea groups is 1. The highest BCUT2D eigenvalue weighted by Crippen LogP contribution is 2.66. The van der Waals surface area contributed by atoms with Gasteiger partial charge in [-0.1, -0.05) is 105 Å². The van der Waals surface area contributed by atoms with Gasteiger partial charge in [0.05, 0.1) is 50.6 Å². The van der Waals surface area contributed by atoms with Gasteiger partial charge in [0.2, 0.25) is 11.8 Å². The Morgan fingerprint density at radius 1 is 0.827 bits per heavy atom. The predicted octanol–water partition coefficient (Wildman–Crippen LogP) is 7.96. The van der Waals surface area contributed by atoms with E-state index in [1.165, 1.54) is 7.11 Å². The highest BCUT2D eigenvalue weighted by Gasteiger charge is 2.75. The number of nitrogens with zero attached hydrogens (tertiary/aromatic N) is 3. The third-order valence-electron chi connectivity index (χ3n) is 15.1. The molecule has 0 aromatic heterocycles. The van der Waals surface area contributed by atoms with Crippen molar-refractivity contribution in [1.82, 2.24) is 10.2 Å². The molecule has 5 aromatic rings. The fraction of sp³-hybridized carbons (Fsp3) is 0.350. The van der Waals surface area contributed by atoms with Gasteiger partial charge in [-0.25, -0.2) is 14.5 Å². The van der Waals surface area contributed by atoms with Crippen LogP contribution in [0.3, 0.4) is 0 Å². The normalized spacial score (nSPS) is 23.5. The molecule has 0 radical (unpaired) electrons. The molecule has 4 amide bonds. The maximum Gasteiger partial charge on any atom is 0.329 e. The van der Waals surface area contributed by atoms with Gasteiger partial charge in [0.1, 0.15) is 36.0 Å². The topological polar surface area (TPSA) is 176 Å². The molecule has 7 unspecified atom stereocenters. The highest BCUT2D eigenvalue weighted by molar-refractivity contribution is 6.25. The van der Waals surface area contributed by atoms with E-state index in [9.17, 15) is 9.90 Å². The van der Waals surface area contributed by atoms with Crippen LogP contribution in [0, 0.1) is 23.7 Å². The molecule has 75 heavy (non-hydrogen) atoms. The van der Waals surface area contributed by atoms with E-state index in [4.69, 9.17) is 18.9 Å². The van der Waals surface area contributed by atoms with Crippen molar-refractivity contribution in [2.24, 2.45) is 11.8 Å². The predicted molar refractivity (Wildman–Crippen MR) is 282 cm³/mol. The summed E-state index contributed by atoms with van der Waals surface area (Å²) in [6.07, 6.45) is 5.01. The number of methoxy groups -OCH3 is 1. The number of aliphatic hydroxyl groups is 1. The van der Waals surface area contributed by atoms with Crippen molar-refractivity contribution in [2.75, 3.05) is 61.7 Å². The van der Waals surface area contributed by atoms with Crippen molar-refractivity contribution in [3.63, 3.8) is 0 Å². The highest BCUT2D eigenvalue weighted by atomic mass is 16.6. The number of morpholine rings is 2. The van der Waals surface area contributed by atoms with E-state index in [1.54, 1.807) is 68.4 Å². The van der Waals surface area contributed by atoms with Crippen molar-refractivity contribution in [1.29, 1.82) is 0 Å². The van der Waals surface area contributed by atoms with Gasteiger partial charge >= 0.3 is 18.0 Å². The summed E-state index contributed by atoms with van der Waals surface area (Å²) in [7, 11) is 1.23. The number of benzene rings is 5. The minimum Gasteiger partial charge on any atom is -0.491 e. The number of cyclic esters (lactones) is 1. The first-order valence-electron chi connectivity index (χ1n) is 25.8. The number of amides is 4. The van der Waals surface area contributed by atoms with Gasteiger partial charge in [0, 0.05) is 30.0 Å². The minimum absolute atomic E-state index is 0.0247. The average molecular weight is 1010 g/mol. The summed E-state index contributed by atoms with van der Waals surface area (Å²) in [4.78, 5) is 82.3. The summed E-state index contributed by atoms with van der Waals surface area (Å²) in [5, 5.41) is 15.6. The van der Waals surface area contributed by atoms with E-state index in [0.29, 0.717) is 54.4 Å². The van der Waals surface area contributed by atoms with Gasteiger partial charge in [-0.3, -0.25) is 19.3 Å². The average Bonchev–Trinajstić information content (AvgIpc) is 3.93. The number of anilines is 3. The monoisotopic (exact) mass is 1010 g/mol. The van der Waals surface area contributed by atoms with Crippen LogP contribution in [-0.2, 0) is 38.8 Å². The number of rotatable bonds is 12. The van der Waals surface area contributed by atoms with Gasteiger partial charge in [-0.05, 0) is 114 Å². The van der Waals surface area contributed by atoms with Crippen molar-refractivity contribution >= 4 is 46.8 Å². The molecular formula is C60H61N5O10. The molecule has 3 saturated heterocycles. The molecule has 1 aliphatic carbocycles. The number of allylic oxidation sites excluding steroid dienone is 2. The molecule has 3 fully saturated rings. The Hall–Kier alpha value is -7.77. The zero-order chi connectivity index (χ0) is 52.2. The van der Waals surface area contributed by atoms with Crippen LogP contribution in [0.5, 0.6) is 5.75 Å². The van der Waals surface area contributed by atoms with Crippen LogP contribution in [0.1, 0.15) is 85.5 Å². The first-order valence-corrected chi connectivity index (χ1v) is 25.8. The van der Waals surface area contributed by atoms with E-state index in [2.05, 4.69) is 33.5 Å². The number of hydrogen-bond acceptors (Lipinski definition) is 12. The van der Waals surface area contributed by atoms with Crippen molar-refractivity contribution in [3.05, 3.63) is 167 Å². The third kappa shape index (κ3) is 9.65. The van der Waals surface area contributed by atoms with Gasteiger partial charge in [-0.15, -0.1) is 0 Å². The summed E-state index contributed by atoms with van der Waals surface area (Å²) in [5.41, 5.74) is 3.14. The maximum atomic E-state index is 16.8. The van der Waals surface area contributed by atoms with Crippen LogP contribution in [0.4, 0.5) is 21.9 Å². The van der Waals surface area contributed by atoms with Crippen LogP contribution in [0.2, 0.25) is 0 Å². The van der Waals surface area contributed by atoms with E-state index >= 15 is 19.2 Å². The number of esters is 2. The molecule has 3 N–H and O–H groups in total. The van der Waals surface area contributed by atoms with Crippen LogP contribution in [0.15, 0.2) is 139 Å². The number of aliphatic hydroxyl groups excluding tert-OH is 1. The van der Waals surface area contributed by atoms with Gasteiger partial charge in [-0.2, -0.15) is 0 Å². The third-order valence-corrected chi connectivity index (χ3v) is 15.1. The molecule has 4 heterocycles. The first kappa shape index (κ1) is 50.7. The minimum atomic E-state index is -2.10. The molecule has 10 rings (SSSR count). The standard InChI is InChI=1S/C60H61N5O10/c1-38(2)50(56(68)72-3)62-59(71)64-48-30-21-40(20-19-39-13-7-4-8-14-39)37-47(48)60(58(64)70)49(55(67)61-44-24-26-45(27-25-44)63-31-34-73-35-32-63)52-57(69)75-53(42-17-11-6-12-18-42)51(41-15-9-5-10-16-41)65(52)54(60)43-22-28-46(29-23-43)74-36-33-66/h5-6,9-13,15-18,21-30,37-38,49-54,66H,4,7-8,14,31-36H2,1-3H3,(H,61,67)(H,62,71). The van der Waals surface area contributed by atoms with Gasteiger partial charge in [0.15, 0.2) is 0 Å². The van der Waals surface area contributed by atoms with Crippen molar-refractivity contribution < 1.29 is 48.0 Å². The summed E-state index contributed by atoms with van der Waals surface area (Å²) in [6, 6.07) is 33.0. The Bertz CT molecular complexity index is 3020. The molecule has 5 aliphatic rings. The number of carbonyl (C=O) groups is 5. The molecule has 4 aliphatic heterocycles. The van der Waals surface area contributed by atoms with Crippen molar-refractivity contribution in [3.8, 4) is 17.6 Å². The quantitative estimate of drug-likeness (QED) is 0.0814. The lowest BCUT2D eigenvalue weighted by molar-refractivity contribution is -0.177. The lowest BCUT2D eigenvalue weighted by atomic mass is 9.65. The number of ether oxygens (including phenoxy) is 4. The number of fused-ring (bicyclic) bond motifs is 3. The second-order valence-electron chi connectivity index (χ2n) is 19.8. The second kappa shape index (κ2) is 22.0. The molecule has 0 saturated carbocycles. The Morgan fingerprint density at radius 2 is 1.53 bits per heavy atom. The lowest BCUT2D eigenvalue weighted by Crippen LogP contribution is -2.57. The maximum absolute atomic E-state index is 16.8. The van der Waals surface area contributed by atoms with Crippen LogP contribution >= 0.6 is 0 Å². The summed E-state index contributed by atoms with van der Waals surface area (Å²) in [6.45, 7) is 5.87. The Morgan fingerprint density at radius 3 is 2.19 bits per heavy atom. The largest absolute Gasteiger partial charge is 0.491 e. The van der Waals surface area contributed by atoms with Gasteiger partial charge < -0.3 is 39.6 Å². The first-order chi connectivity index (χ1) is 36.5. The summed E-state index contributed by atoms with van der Waals surface area (Å²) < 4.78 is 23.2. The smallest absolute Gasteiger partial charge is 0.329 e. The molecular weight excluding hydrogens is 951 g/mol. The number of imide groups is 1. The zero-order valence-electron chi connectivity index (χ0n) is 42.3. The summed E-state index contributed by atoms with van der Waals surface area (Å²) in [5.74, 6) is 2.17.